The Hall–Kier alpha value is -1.11. The van der Waals surface area contributed by atoms with Gasteiger partial charge in [-0.05, 0) is 64.4 Å². The maximum Gasteiger partial charge on any atom is 0.334 e. The van der Waals surface area contributed by atoms with Crippen molar-refractivity contribution in [2.45, 2.75) is 203 Å². The average Bonchev–Trinajstić information content (AvgIpc) is 3.61. The van der Waals surface area contributed by atoms with Gasteiger partial charge in [0, 0.05) is 18.4 Å². The van der Waals surface area contributed by atoms with Gasteiger partial charge in [-0.3, -0.25) is 0 Å². The van der Waals surface area contributed by atoms with Gasteiger partial charge in [0.1, 0.15) is 6.10 Å². The Balaban J connectivity index is 1.54. The molecule has 0 unspecified atom stereocenters. The summed E-state index contributed by atoms with van der Waals surface area (Å²) in [4.78, 5) is 11.7. The van der Waals surface area contributed by atoms with E-state index in [0.717, 1.165) is 19.3 Å². The molecule has 10 heteroatoms. The van der Waals surface area contributed by atoms with Crippen LogP contribution in [-0.4, -0.2) is 103 Å². The highest BCUT2D eigenvalue weighted by atomic mass is 16.5. The molecule has 0 aromatic carbocycles. The van der Waals surface area contributed by atoms with Crippen LogP contribution in [0.4, 0.5) is 0 Å². The lowest BCUT2D eigenvalue weighted by Crippen LogP contribution is -2.34. The van der Waals surface area contributed by atoms with E-state index in [1.165, 1.54) is 44.9 Å². The lowest BCUT2D eigenvalue weighted by molar-refractivity contribution is -0.139. The van der Waals surface area contributed by atoms with Gasteiger partial charge in [-0.15, -0.1) is 0 Å². The van der Waals surface area contributed by atoms with Crippen LogP contribution in [0.2, 0.25) is 0 Å². The summed E-state index contributed by atoms with van der Waals surface area (Å²) < 4.78 is 10.9. The molecule has 0 radical (unpaired) electrons. The molecule has 1 fully saturated rings. The minimum absolute atomic E-state index is 0.0107. The van der Waals surface area contributed by atoms with Crippen molar-refractivity contribution >= 4 is 5.97 Å². The summed E-state index contributed by atoms with van der Waals surface area (Å²) >= 11 is 0. The molecule has 0 aromatic heterocycles. The number of carbonyl (C=O) groups is 1. The molecule has 0 aliphatic carbocycles. The standard InChI is InChI=1S/C35H64O10/c1-3-4-5-6-7-8-9-10-11-12-13-29(39)30(40)16-14-27(37)22-28(38)23-32(42)34-19-18-33(45-34)31(41)17-15-26(36)21-25-20-24(2)44-35(25)43/h20,24,26-34,36-42H,3-19,21-23H2,1-2H3/t24-,26+,27+,28+,29+,30-,31-,32-,33-,34-/m1/s1. The molecule has 2 rings (SSSR count). The fourth-order valence-corrected chi connectivity index (χ4v) is 6.49. The van der Waals surface area contributed by atoms with E-state index in [9.17, 15) is 40.5 Å². The molecule has 1 saturated heterocycles. The maximum atomic E-state index is 11.7. The molecular weight excluding hydrogens is 580 g/mol. The highest BCUT2D eigenvalue weighted by molar-refractivity contribution is 5.90. The summed E-state index contributed by atoms with van der Waals surface area (Å²) in [5, 5.41) is 72.9. The minimum Gasteiger partial charge on any atom is -0.455 e. The molecule has 0 aromatic rings. The number of ether oxygens (including phenoxy) is 2. The topological polar surface area (TPSA) is 177 Å². The van der Waals surface area contributed by atoms with Gasteiger partial charge in [0.2, 0.25) is 0 Å². The summed E-state index contributed by atoms with van der Waals surface area (Å²) in [6.07, 6.45) is 9.08. The lowest BCUT2D eigenvalue weighted by Gasteiger charge is -2.25. The van der Waals surface area contributed by atoms with Crippen LogP contribution in [0.15, 0.2) is 11.6 Å². The van der Waals surface area contributed by atoms with Crippen molar-refractivity contribution in [1.29, 1.82) is 0 Å². The number of esters is 1. The van der Waals surface area contributed by atoms with E-state index in [1.54, 1.807) is 13.0 Å². The molecule has 0 saturated carbocycles. The molecule has 2 aliphatic rings. The van der Waals surface area contributed by atoms with Crippen LogP contribution in [-0.2, 0) is 14.3 Å². The number of aliphatic hydroxyl groups is 7. The van der Waals surface area contributed by atoms with Crippen LogP contribution in [0.1, 0.15) is 142 Å². The SMILES string of the molecule is CCCCCCCCCCCC[C@H](O)[C@H](O)CC[C@H](O)C[C@H](O)C[C@@H](O)[C@H]1CC[C@H]([C@H](O)CC[C@H](O)CC2=C[C@@H](C)OC2=O)O1. The van der Waals surface area contributed by atoms with Crippen molar-refractivity contribution in [1.82, 2.24) is 0 Å². The van der Waals surface area contributed by atoms with Gasteiger partial charge in [0.25, 0.3) is 0 Å². The van der Waals surface area contributed by atoms with Crippen LogP contribution in [0.25, 0.3) is 0 Å². The third-order valence-electron chi connectivity index (χ3n) is 9.34. The van der Waals surface area contributed by atoms with E-state index in [1.807, 2.05) is 0 Å². The molecule has 10 atom stereocenters. The number of hydrogen-bond donors (Lipinski definition) is 7. The highest BCUT2D eigenvalue weighted by Crippen LogP contribution is 2.29. The Morgan fingerprint density at radius 3 is 1.82 bits per heavy atom. The van der Waals surface area contributed by atoms with E-state index in [0.29, 0.717) is 24.8 Å². The molecule has 0 spiro atoms. The summed E-state index contributed by atoms with van der Waals surface area (Å²) in [6.45, 7) is 3.98. The predicted octanol–water partition coefficient (Wildman–Crippen LogP) is 3.97. The first-order valence-electron chi connectivity index (χ1n) is 17.8. The molecule has 45 heavy (non-hydrogen) atoms. The van der Waals surface area contributed by atoms with Crippen molar-refractivity contribution in [3.8, 4) is 0 Å². The third-order valence-corrected chi connectivity index (χ3v) is 9.34. The largest absolute Gasteiger partial charge is 0.455 e. The first-order chi connectivity index (χ1) is 21.5. The zero-order chi connectivity index (χ0) is 33.2. The van der Waals surface area contributed by atoms with Crippen LogP contribution in [0.5, 0.6) is 0 Å². The quantitative estimate of drug-likeness (QED) is 0.0539. The van der Waals surface area contributed by atoms with Crippen LogP contribution in [0, 0.1) is 0 Å². The van der Waals surface area contributed by atoms with Crippen LogP contribution < -0.4 is 0 Å². The van der Waals surface area contributed by atoms with Gasteiger partial charge < -0.3 is 45.2 Å². The molecule has 2 heterocycles. The van der Waals surface area contributed by atoms with Gasteiger partial charge in [-0.25, -0.2) is 4.79 Å². The number of carbonyl (C=O) groups excluding carboxylic acids is 1. The fourth-order valence-electron chi connectivity index (χ4n) is 6.49. The summed E-state index contributed by atoms with van der Waals surface area (Å²) in [5.74, 6) is -0.418. The van der Waals surface area contributed by atoms with Gasteiger partial charge >= 0.3 is 5.97 Å². The zero-order valence-corrected chi connectivity index (χ0v) is 27.8. The Bertz CT molecular complexity index is 822. The second-order valence-corrected chi connectivity index (χ2v) is 13.6. The number of hydrogen-bond acceptors (Lipinski definition) is 10. The van der Waals surface area contributed by atoms with Crippen LogP contribution in [0.3, 0.4) is 0 Å². The van der Waals surface area contributed by atoms with E-state index < -0.39 is 60.9 Å². The van der Waals surface area contributed by atoms with Crippen molar-refractivity contribution in [3.63, 3.8) is 0 Å². The van der Waals surface area contributed by atoms with Crippen LogP contribution >= 0.6 is 0 Å². The fraction of sp³-hybridized carbons (Fsp3) is 0.914. The molecule has 7 N–H and O–H groups in total. The van der Waals surface area contributed by atoms with Crippen molar-refractivity contribution in [2.75, 3.05) is 0 Å². The number of rotatable bonds is 26. The molecule has 2 aliphatic heterocycles. The van der Waals surface area contributed by atoms with Crippen molar-refractivity contribution in [3.05, 3.63) is 11.6 Å². The number of aliphatic hydroxyl groups excluding tert-OH is 7. The first-order valence-corrected chi connectivity index (χ1v) is 17.8. The van der Waals surface area contributed by atoms with E-state index >= 15 is 0 Å². The lowest BCUT2D eigenvalue weighted by atomic mass is 9.96. The molecular formula is C35H64O10. The normalized spacial score (nSPS) is 25.0. The van der Waals surface area contributed by atoms with Gasteiger partial charge in [0.05, 0.1) is 54.9 Å². The summed E-state index contributed by atoms with van der Waals surface area (Å²) in [7, 11) is 0. The van der Waals surface area contributed by atoms with Crippen molar-refractivity contribution < 1.29 is 50.0 Å². The minimum atomic E-state index is -0.967. The third kappa shape index (κ3) is 16.5. The Morgan fingerprint density at radius 1 is 0.667 bits per heavy atom. The monoisotopic (exact) mass is 644 g/mol. The zero-order valence-electron chi connectivity index (χ0n) is 27.8. The van der Waals surface area contributed by atoms with E-state index in [2.05, 4.69) is 6.92 Å². The smallest absolute Gasteiger partial charge is 0.334 e. The first kappa shape index (κ1) is 40.1. The average molecular weight is 645 g/mol. The Morgan fingerprint density at radius 2 is 1.22 bits per heavy atom. The van der Waals surface area contributed by atoms with Gasteiger partial charge in [0.15, 0.2) is 0 Å². The highest BCUT2D eigenvalue weighted by Gasteiger charge is 2.36. The van der Waals surface area contributed by atoms with Crippen molar-refractivity contribution in [2.24, 2.45) is 0 Å². The molecule has 264 valence electrons. The molecule has 10 nitrogen and oxygen atoms in total. The summed E-state index contributed by atoms with van der Waals surface area (Å²) in [5.41, 5.74) is 0.446. The van der Waals surface area contributed by atoms with Gasteiger partial charge in [-0.2, -0.15) is 0 Å². The number of unbranched alkanes of at least 4 members (excludes halogenated alkanes) is 9. The summed E-state index contributed by atoms with van der Waals surface area (Å²) in [6, 6.07) is 0. The Labute approximate surface area is 270 Å². The molecule has 0 amide bonds. The van der Waals surface area contributed by atoms with E-state index in [4.69, 9.17) is 9.47 Å². The number of cyclic esters (lactones) is 1. The maximum absolute atomic E-state index is 11.7. The Kier molecular flexibility index (Phi) is 20.0. The second-order valence-electron chi connectivity index (χ2n) is 13.6. The predicted molar refractivity (Wildman–Crippen MR) is 172 cm³/mol. The van der Waals surface area contributed by atoms with E-state index in [-0.39, 0.29) is 51.0 Å². The van der Waals surface area contributed by atoms with Gasteiger partial charge in [-0.1, -0.05) is 71.1 Å². The second kappa shape index (κ2) is 22.5. The molecule has 0 bridgehead atoms.